The summed E-state index contributed by atoms with van der Waals surface area (Å²) in [4.78, 5) is 2.45. The predicted octanol–water partition coefficient (Wildman–Crippen LogP) is 3.95. The molecule has 1 aromatic rings. The minimum absolute atomic E-state index is 0.139. The van der Waals surface area contributed by atoms with E-state index in [0.29, 0.717) is 12.0 Å². The number of halogens is 1. The zero-order valence-corrected chi connectivity index (χ0v) is 13.0. The molecule has 0 aromatic heterocycles. The van der Waals surface area contributed by atoms with Crippen LogP contribution in [-0.4, -0.2) is 19.1 Å². The minimum Gasteiger partial charge on any atom is -0.368 e. The third kappa shape index (κ3) is 3.72. The monoisotopic (exact) mass is 278 g/mol. The van der Waals surface area contributed by atoms with Gasteiger partial charge in [-0.3, -0.25) is 0 Å². The Morgan fingerprint density at radius 1 is 1.30 bits per heavy atom. The largest absolute Gasteiger partial charge is 0.368 e. The third-order valence-corrected chi connectivity index (χ3v) is 4.21. The second kappa shape index (κ2) is 7.07. The highest BCUT2D eigenvalue weighted by Crippen LogP contribution is 2.30. The van der Waals surface area contributed by atoms with Crippen molar-refractivity contribution >= 4 is 5.69 Å². The van der Waals surface area contributed by atoms with Gasteiger partial charge in [0.1, 0.15) is 5.82 Å². The van der Waals surface area contributed by atoms with E-state index in [-0.39, 0.29) is 5.82 Å². The molecule has 0 amide bonds. The summed E-state index contributed by atoms with van der Waals surface area (Å²) in [7, 11) is 0. The molecule has 1 aliphatic rings. The smallest absolute Gasteiger partial charge is 0.123 e. The van der Waals surface area contributed by atoms with Gasteiger partial charge >= 0.3 is 0 Å². The van der Waals surface area contributed by atoms with E-state index in [9.17, 15) is 4.39 Å². The number of anilines is 1. The van der Waals surface area contributed by atoms with E-state index in [1.165, 1.54) is 18.5 Å². The number of piperidine rings is 1. The fourth-order valence-electron chi connectivity index (χ4n) is 3.00. The normalized spacial score (nSPS) is 23.1. The highest BCUT2D eigenvalue weighted by molar-refractivity contribution is 5.55. The van der Waals surface area contributed by atoms with Crippen molar-refractivity contribution in [2.45, 2.75) is 52.6 Å². The Bertz CT molecular complexity index is 433. The van der Waals surface area contributed by atoms with Crippen LogP contribution in [-0.2, 0) is 6.54 Å². The highest BCUT2D eigenvalue weighted by atomic mass is 19.1. The summed E-state index contributed by atoms with van der Waals surface area (Å²) >= 11 is 0. The molecular weight excluding hydrogens is 251 g/mol. The SMILES string of the molecule is CCCNCc1cc(F)ccc1N1CC(C)CCC1C. The Labute approximate surface area is 122 Å². The number of hydrogen-bond acceptors (Lipinski definition) is 2. The second-order valence-corrected chi connectivity index (χ2v) is 6.13. The van der Waals surface area contributed by atoms with Crippen LogP contribution in [0.1, 0.15) is 45.6 Å². The summed E-state index contributed by atoms with van der Waals surface area (Å²) in [5, 5.41) is 3.39. The van der Waals surface area contributed by atoms with Gasteiger partial charge in [-0.1, -0.05) is 13.8 Å². The Morgan fingerprint density at radius 3 is 2.85 bits per heavy atom. The summed E-state index contributed by atoms with van der Waals surface area (Å²) < 4.78 is 13.6. The summed E-state index contributed by atoms with van der Waals surface area (Å²) in [6.07, 6.45) is 3.62. The maximum absolute atomic E-state index is 13.6. The van der Waals surface area contributed by atoms with Gasteiger partial charge in [-0.05, 0) is 62.4 Å². The first kappa shape index (κ1) is 15.3. The first-order valence-electron chi connectivity index (χ1n) is 7.87. The van der Waals surface area contributed by atoms with Crippen LogP contribution in [0.2, 0.25) is 0 Å². The van der Waals surface area contributed by atoms with Gasteiger partial charge in [-0.2, -0.15) is 0 Å². The highest BCUT2D eigenvalue weighted by Gasteiger charge is 2.24. The van der Waals surface area contributed by atoms with Crippen LogP contribution >= 0.6 is 0 Å². The molecule has 2 rings (SSSR count). The molecule has 1 aliphatic heterocycles. The van der Waals surface area contributed by atoms with E-state index < -0.39 is 0 Å². The van der Waals surface area contributed by atoms with Crippen LogP contribution in [0, 0.1) is 11.7 Å². The molecule has 1 saturated heterocycles. The van der Waals surface area contributed by atoms with Gasteiger partial charge in [0, 0.05) is 24.8 Å². The fourth-order valence-corrected chi connectivity index (χ4v) is 3.00. The minimum atomic E-state index is -0.139. The first-order chi connectivity index (χ1) is 9.61. The number of nitrogens with zero attached hydrogens (tertiary/aromatic N) is 1. The molecule has 1 fully saturated rings. The average molecular weight is 278 g/mol. The molecule has 1 aromatic carbocycles. The molecule has 0 spiro atoms. The molecule has 2 unspecified atom stereocenters. The number of rotatable bonds is 5. The van der Waals surface area contributed by atoms with E-state index in [1.807, 2.05) is 6.07 Å². The van der Waals surface area contributed by atoms with E-state index >= 15 is 0 Å². The molecule has 1 heterocycles. The van der Waals surface area contributed by atoms with Gasteiger partial charge in [0.05, 0.1) is 0 Å². The topological polar surface area (TPSA) is 15.3 Å². The Morgan fingerprint density at radius 2 is 2.10 bits per heavy atom. The van der Waals surface area contributed by atoms with Crippen LogP contribution in [0.15, 0.2) is 18.2 Å². The standard InChI is InChI=1S/C17H27FN2/c1-4-9-19-11-15-10-16(18)7-8-17(15)20-12-13(2)5-6-14(20)3/h7-8,10,13-14,19H,4-6,9,11-12H2,1-3H3. The predicted molar refractivity (Wildman–Crippen MR) is 83.6 cm³/mol. The van der Waals surface area contributed by atoms with Gasteiger partial charge in [0.25, 0.3) is 0 Å². The lowest BCUT2D eigenvalue weighted by atomic mass is 9.93. The van der Waals surface area contributed by atoms with Gasteiger partial charge in [-0.25, -0.2) is 4.39 Å². The molecule has 0 saturated carbocycles. The van der Waals surface area contributed by atoms with Crippen molar-refractivity contribution in [3.05, 3.63) is 29.6 Å². The quantitative estimate of drug-likeness (QED) is 0.820. The fraction of sp³-hybridized carbons (Fsp3) is 0.647. The average Bonchev–Trinajstić information content (AvgIpc) is 2.42. The van der Waals surface area contributed by atoms with Crippen molar-refractivity contribution in [2.75, 3.05) is 18.0 Å². The molecular formula is C17H27FN2. The first-order valence-corrected chi connectivity index (χ1v) is 7.87. The summed E-state index contributed by atoms with van der Waals surface area (Å²) in [5.41, 5.74) is 2.29. The van der Waals surface area contributed by atoms with E-state index in [0.717, 1.165) is 31.6 Å². The summed E-state index contributed by atoms with van der Waals surface area (Å²) in [5.74, 6) is 0.576. The summed E-state index contributed by atoms with van der Waals surface area (Å²) in [6, 6.07) is 5.77. The Balaban J connectivity index is 2.20. The van der Waals surface area contributed by atoms with E-state index in [2.05, 4.69) is 31.0 Å². The van der Waals surface area contributed by atoms with E-state index in [1.54, 1.807) is 12.1 Å². The van der Waals surface area contributed by atoms with Crippen molar-refractivity contribution < 1.29 is 4.39 Å². The Hall–Kier alpha value is -1.09. The van der Waals surface area contributed by atoms with Crippen molar-refractivity contribution in [3.63, 3.8) is 0 Å². The lowest BCUT2D eigenvalue weighted by molar-refractivity contribution is 0.389. The number of hydrogen-bond donors (Lipinski definition) is 1. The molecule has 2 atom stereocenters. The zero-order valence-electron chi connectivity index (χ0n) is 13.0. The lowest BCUT2D eigenvalue weighted by Crippen LogP contribution is -2.41. The number of nitrogens with one attached hydrogen (secondary N) is 1. The van der Waals surface area contributed by atoms with Crippen LogP contribution in [0.25, 0.3) is 0 Å². The van der Waals surface area contributed by atoms with Crippen molar-refractivity contribution in [3.8, 4) is 0 Å². The van der Waals surface area contributed by atoms with E-state index in [4.69, 9.17) is 0 Å². The molecule has 112 valence electrons. The Kier molecular flexibility index (Phi) is 5.41. The van der Waals surface area contributed by atoms with Crippen molar-refractivity contribution in [2.24, 2.45) is 5.92 Å². The van der Waals surface area contributed by atoms with Gasteiger partial charge in [0.2, 0.25) is 0 Å². The van der Waals surface area contributed by atoms with Gasteiger partial charge in [-0.15, -0.1) is 0 Å². The zero-order chi connectivity index (χ0) is 14.5. The van der Waals surface area contributed by atoms with Gasteiger partial charge in [0.15, 0.2) is 0 Å². The molecule has 3 heteroatoms. The lowest BCUT2D eigenvalue weighted by Gasteiger charge is -2.39. The van der Waals surface area contributed by atoms with Crippen LogP contribution < -0.4 is 10.2 Å². The molecule has 0 aliphatic carbocycles. The molecule has 1 N–H and O–H groups in total. The van der Waals surface area contributed by atoms with Crippen molar-refractivity contribution in [1.29, 1.82) is 0 Å². The molecule has 0 radical (unpaired) electrons. The second-order valence-electron chi connectivity index (χ2n) is 6.13. The number of benzene rings is 1. The molecule has 2 nitrogen and oxygen atoms in total. The third-order valence-electron chi connectivity index (χ3n) is 4.21. The maximum atomic E-state index is 13.6. The van der Waals surface area contributed by atoms with Crippen LogP contribution in [0.3, 0.4) is 0 Å². The summed E-state index contributed by atoms with van der Waals surface area (Å²) in [6.45, 7) is 9.53. The van der Waals surface area contributed by atoms with Crippen LogP contribution in [0.4, 0.5) is 10.1 Å². The van der Waals surface area contributed by atoms with Crippen molar-refractivity contribution in [1.82, 2.24) is 5.32 Å². The molecule has 20 heavy (non-hydrogen) atoms. The van der Waals surface area contributed by atoms with Crippen LogP contribution in [0.5, 0.6) is 0 Å². The maximum Gasteiger partial charge on any atom is 0.123 e. The molecule has 0 bridgehead atoms. The van der Waals surface area contributed by atoms with Gasteiger partial charge < -0.3 is 10.2 Å².